The summed E-state index contributed by atoms with van der Waals surface area (Å²) in [6.45, 7) is 2.34. The molecule has 0 bridgehead atoms. The van der Waals surface area contributed by atoms with Crippen LogP contribution in [-0.2, 0) is 6.42 Å². The molecule has 20 heavy (non-hydrogen) atoms. The van der Waals surface area contributed by atoms with Gasteiger partial charge in [-0.3, -0.25) is 0 Å². The van der Waals surface area contributed by atoms with E-state index in [1.807, 2.05) is 31.2 Å². The van der Waals surface area contributed by atoms with Gasteiger partial charge in [0.15, 0.2) is 0 Å². The van der Waals surface area contributed by atoms with Crippen LogP contribution in [0, 0.1) is 18.6 Å². The van der Waals surface area contributed by atoms with Gasteiger partial charge in [0, 0.05) is 11.5 Å². The van der Waals surface area contributed by atoms with Gasteiger partial charge in [0.1, 0.15) is 11.6 Å². The minimum atomic E-state index is -0.546. The van der Waals surface area contributed by atoms with E-state index in [4.69, 9.17) is 5.73 Å². The fraction of sp³-hybridized carbons (Fsp3) is 0.250. The molecule has 0 saturated carbocycles. The zero-order valence-corrected chi connectivity index (χ0v) is 12.8. The van der Waals surface area contributed by atoms with Crippen LogP contribution in [0.25, 0.3) is 0 Å². The summed E-state index contributed by atoms with van der Waals surface area (Å²) >= 11 is 3.08. The Labute approximate surface area is 125 Å². The maximum Gasteiger partial charge on any atom is 0.143 e. The average molecular weight is 340 g/mol. The Morgan fingerprint density at radius 2 is 1.75 bits per heavy atom. The first-order valence-corrected chi connectivity index (χ1v) is 7.21. The monoisotopic (exact) mass is 339 g/mol. The van der Waals surface area contributed by atoms with E-state index >= 15 is 0 Å². The lowest BCUT2D eigenvalue weighted by molar-refractivity contribution is 0.534. The van der Waals surface area contributed by atoms with Crippen LogP contribution in [0.2, 0.25) is 0 Å². The second-order valence-electron chi connectivity index (χ2n) is 4.87. The quantitative estimate of drug-likeness (QED) is 0.824. The summed E-state index contributed by atoms with van der Waals surface area (Å²) in [4.78, 5) is 0. The van der Waals surface area contributed by atoms with Crippen LogP contribution in [-0.4, -0.2) is 6.54 Å². The molecule has 1 atom stereocenters. The van der Waals surface area contributed by atoms with Crippen LogP contribution < -0.4 is 5.73 Å². The molecule has 0 radical (unpaired) electrons. The summed E-state index contributed by atoms with van der Waals surface area (Å²) < 4.78 is 28.1. The highest BCUT2D eigenvalue weighted by molar-refractivity contribution is 9.10. The molecule has 0 spiro atoms. The SMILES string of the molecule is Cc1ccc(C(CN)Cc2c(F)ccc(Br)c2F)cc1. The first-order valence-electron chi connectivity index (χ1n) is 6.42. The normalized spacial score (nSPS) is 12.4. The molecule has 0 fully saturated rings. The Morgan fingerprint density at radius 1 is 1.10 bits per heavy atom. The van der Waals surface area contributed by atoms with E-state index in [0.29, 0.717) is 6.54 Å². The van der Waals surface area contributed by atoms with Gasteiger partial charge < -0.3 is 5.73 Å². The molecule has 0 aliphatic rings. The molecule has 0 aromatic heterocycles. The second kappa shape index (κ2) is 6.46. The molecule has 0 aliphatic heterocycles. The lowest BCUT2D eigenvalue weighted by Crippen LogP contribution is -2.16. The number of nitrogens with two attached hydrogens (primary N) is 1. The van der Waals surface area contributed by atoms with Gasteiger partial charge in [0.05, 0.1) is 4.47 Å². The van der Waals surface area contributed by atoms with Crippen LogP contribution in [0.4, 0.5) is 8.78 Å². The molecular weight excluding hydrogens is 324 g/mol. The van der Waals surface area contributed by atoms with Crippen molar-refractivity contribution in [2.75, 3.05) is 6.54 Å². The zero-order chi connectivity index (χ0) is 14.7. The predicted octanol–water partition coefficient (Wildman–Crippen LogP) is 4.32. The van der Waals surface area contributed by atoms with Crippen molar-refractivity contribution in [2.24, 2.45) is 5.73 Å². The van der Waals surface area contributed by atoms with Crippen molar-refractivity contribution in [1.29, 1.82) is 0 Å². The zero-order valence-electron chi connectivity index (χ0n) is 11.2. The van der Waals surface area contributed by atoms with Crippen molar-refractivity contribution in [3.05, 3.63) is 69.2 Å². The van der Waals surface area contributed by atoms with Crippen molar-refractivity contribution in [3.63, 3.8) is 0 Å². The minimum Gasteiger partial charge on any atom is -0.330 e. The maximum absolute atomic E-state index is 14.0. The van der Waals surface area contributed by atoms with E-state index < -0.39 is 11.6 Å². The third-order valence-corrected chi connectivity index (χ3v) is 4.04. The maximum atomic E-state index is 14.0. The average Bonchev–Trinajstić information content (AvgIpc) is 2.45. The van der Waals surface area contributed by atoms with Crippen LogP contribution >= 0.6 is 15.9 Å². The molecule has 0 saturated heterocycles. The molecule has 4 heteroatoms. The van der Waals surface area contributed by atoms with Crippen molar-refractivity contribution >= 4 is 15.9 Å². The Hall–Kier alpha value is -1.26. The first kappa shape index (κ1) is 15.1. The summed E-state index contributed by atoms with van der Waals surface area (Å²) in [6, 6.07) is 10.5. The summed E-state index contributed by atoms with van der Waals surface area (Å²) in [5.41, 5.74) is 7.99. The molecule has 106 valence electrons. The van der Waals surface area contributed by atoms with Gasteiger partial charge in [0.2, 0.25) is 0 Å². The van der Waals surface area contributed by atoms with Gasteiger partial charge >= 0.3 is 0 Å². The van der Waals surface area contributed by atoms with Crippen molar-refractivity contribution in [1.82, 2.24) is 0 Å². The Balaban J connectivity index is 2.31. The van der Waals surface area contributed by atoms with Crippen LogP contribution in [0.3, 0.4) is 0 Å². The largest absolute Gasteiger partial charge is 0.330 e. The number of hydrogen-bond acceptors (Lipinski definition) is 1. The van der Waals surface area contributed by atoms with E-state index in [-0.39, 0.29) is 22.4 Å². The van der Waals surface area contributed by atoms with Gasteiger partial charge in [-0.05, 0) is 53.5 Å². The highest BCUT2D eigenvalue weighted by Gasteiger charge is 2.18. The minimum absolute atomic E-state index is 0.0791. The Kier molecular flexibility index (Phi) is 4.89. The molecule has 2 rings (SSSR count). The van der Waals surface area contributed by atoms with Crippen LogP contribution in [0.15, 0.2) is 40.9 Å². The number of rotatable bonds is 4. The van der Waals surface area contributed by atoms with Gasteiger partial charge in [-0.2, -0.15) is 0 Å². The fourth-order valence-corrected chi connectivity index (χ4v) is 2.55. The summed E-state index contributed by atoms with van der Waals surface area (Å²) in [7, 11) is 0. The highest BCUT2D eigenvalue weighted by Crippen LogP contribution is 2.27. The van der Waals surface area contributed by atoms with E-state index in [1.165, 1.54) is 12.1 Å². The van der Waals surface area contributed by atoms with Crippen molar-refractivity contribution < 1.29 is 8.78 Å². The topological polar surface area (TPSA) is 26.0 Å². The number of hydrogen-bond donors (Lipinski definition) is 1. The smallest absolute Gasteiger partial charge is 0.143 e. The van der Waals surface area contributed by atoms with Crippen molar-refractivity contribution in [2.45, 2.75) is 19.3 Å². The molecule has 1 nitrogen and oxygen atoms in total. The standard InChI is InChI=1S/C16H16BrF2N/c1-10-2-4-11(5-3-10)12(9-20)8-13-15(18)7-6-14(17)16(13)19/h2-7,12H,8-9,20H2,1H3. The Bertz CT molecular complexity index is 596. The molecule has 2 N–H and O–H groups in total. The van der Waals surface area contributed by atoms with Gasteiger partial charge in [-0.1, -0.05) is 29.8 Å². The number of halogens is 3. The van der Waals surface area contributed by atoms with E-state index in [2.05, 4.69) is 15.9 Å². The van der Waals surface area contributed by atoms with Crippen LogP contribution in [0.1, 0.15) is 22.6 Å². The summed E-state index contributed by atoms with van der Waals surface area (Å²) in [5.74, 6) is -1.18. The molecule has 0 heterocycles. The van der Waals surface area contributed by atoms with E-state index in [9.17, 15) is 8.78 Å². The van der Waals surface area contributed by atoms with Crippen LogP contribution in [0.5, 0.6) is 0 Å². The molecule has 0 aliphatic carbocycles. The lowest BCUT2D eigenvalue weighted by Gasteiger charge is -2.17. The summed E-state index contributed by atoms with van der Waals surface area (Å²) in [6.07, 6.45) is 0.247. The van der Waals surface area contributed by atoms with Crippen molar-refractivity contribution in [3.8, 4) is 0 Å². The van der Waals surface area contributed by atoms with Gasteiger partial charge in [-0.25, -0.2) is 8.78 Å². The lowest BCUT2D eigenvalue weighted by atomic mass is 9.91. The third-order valence-electron chi connectivity index (χ3n) is 3.42. The molecular formula is C16H16BrF2N. The highest BCUT2D eigenvalue weighted by atomic mass is 79.9. The third kappa shape index (κ3) is 3.25. The summed E-state index contributed by atoms with van der Waals surface area (Å²) in [5, 5.41) is 0. The van der Waals surface area contributed by atoms with Gasteiger partial charge in [-0.15, -0.1) is 0 Å². The second-order valence-corrected chi connectivity index (χ2v) is 5.72. The molecule has 2 aromatic rings. The van der Waals surface area contributed by atoms with Gasteiger partial charge in [0.25, 0.3) is 0 Å². The van der Waals surface area contributed by atoms with E-state index in [0.717, 1.165) is 11.1 Å². The molecule has 0 amide bonds. The fourth-order valence-electron chi connectivity index (χ4n) is 2.18. The predicted molar refractivity (Wildman–Crippen MR) is 80.7 cm³/mol. The Morgan fingerprint density at radius 3 is 2.35 bits per heavy atom. The molecule has 1 unspecified atom stereocenters. The number of aryl methyl sites for hydroxylation is 1. The van der Waals surface area contributed by atoms with E-state index in [1.54, 1.807) is 0 Å². The molecule has 2 aromatic carbocycles. The first-order chi connectivity index (χ1) is 9.52. The number of benzene rings is 2.